The monoisotopic (exact) mass is 234 g/mol. The highest BCUT2D eigenvalue weighted by molar-refractivity contribution is 9.11. The molecule has 0 aliphatic carbocycles. The third-order valence-electron chi connectivity index (χ3n) is 0.997. The first-order chi connectivity index (χ1) is 5.22. The molecule has 0 radical (unpaired) electrons. The van der Waals surface area contributed by atoms with Crippen LogP contribution in [0.25, 0.3) is 0 Å². The molecule has 0 aromatic rings. The lowest BCUT2D eigenvalue weighted by Crippen LogP contribution is -1.83. The lowest BCUT2D eigenvalue weighted by Gasteiger charge is -1.99. The summed E-state index contributed by atoms with van der Waals surface area (Å²) in [7, 11) is 0. The number of hydrogen-bond donors (Lipinski definition) is 0. The van der Waals surface area contributed by atoms with Gasteiger partial charge in [-0.05, 0) is 18.8 Å². The number of thioether (sulfide) groups is 1. The van der Waals surface area contributed by atoms with Gasteiger partial charge in [0, 0.05) is 10.2 Å². The van der Waals surface area contributed by atoms with E-state index in [1.807, 2.05) is 6.92 Å². The fraction of sp³-hybridized carbons (Fsp3) is 0.333. The Morgan fingerprint density at radius 3 is 2.09 bits per heavy atom. The highest BCUT2D eigenvalue weighted by atomic mass is 79.9. The summed E-state index contributed by atoms with van der Waals surface area (Å²) in [6, 6.07) is 0. The van der Waals surface area contributed by atoms with E-state index in [1.54, 1.807) is 11.8 Å². The van der Waals surface area contributed by atoms with Gasteiger partial charge in [-0.25, -0.2) is 0 Å². The van der Waals surface area contributed by atoms with Crippen LogP contribution < -0.4 is 0 Å². The molecule has 0 spiro atoms. The summed E-state index contributed by atoms with van der Waals surface area (Å²) in [6.45, 7) is 11.8. The zero-order valence-electron chi connectivity index (χ0n) is 7.19. The van der Waals surface area contributed by atoms with Gasteiger partial charge in [-0.2, -0.15) is 11.8 Å². The van der Waals surface area contributed by atoms with Gasteiger partial charge in [0.15, 0.2) is 0 Å². The zero-order chi connectivity index (χ0) is 9.28. The summed E-state index contributed by atoms with van der Waals surface area (Å²) in [5.41, 5.74) is 1.28. The number of rotatable bonds is 3. The normalized spacial score (nSPS) is 9.91. The number of allylic oxidation sites excluding steroid dienone is 2. The topological polar surface area (TPSA) is 0 Å². The van der Waals surface area contributed by atoms with Gasteiger partial charge < -0.3 is 0 Å². The fourth-order valence-corrected chi connectivity index (χ4v) is 1.68. The third-order valence-corrected chi connectivity index (χ3v) is 2.11. The van der Waals surface area contributed by atoms with Crippen molar-refractivity contribution in [2.24, 2.45) is 0 Å². The SMILES string of the molecule is C=C.C=C(Br)/C(=C\C)CSC. The number of halogens is 1. The van der Waals surface area contributed by atoms with Gasteiger partial charge in [0.1, 0.15) is 0 Å². The molecule has 64 valence electrons. The summed E-state index contributed by atoms with van der Waals surface area (Å²) in [6.07, 6.45) is 4.16. The molecule has 0 fully saturated rings. The highest BCUT2D eigenvalue weighted by Crippen LogP contribution is 2.17. The molecule has 0 nitrogen and oxygen atoms in total. The van der Waals surface area contributed by atoms with Crippen LogP contribution in [-0.2, 0) is 0 Å². The van der Waals surface area contributed by atoms with E-state index in [2.05, 4.69) is 48.0 Å². The van der Waals surface area contributed by atoms with Crippen LogP contribution in [0.2, 0.25) is 0 Å². The van der Waals surface area contributed by atoms with Crippen LogP contribution >= 0.6 is 27.7 Å². The summed E-state index contributed by atoms with van der Waals surface area (Å²) < 4.78 is 0.999. The lowest BCUT2D eigenvalue weighted by molar-refractivity contribution is 1.49. The van der Waals surface area contributed by atoms with Crippen LogP contribution in [0.5, 0.6) is 0 Å². The van der Waals surface area contributed by atoms with Gasteiger partial charge in [0.2, 0.25) is 0 Å². The standard InChI is InChI=1S/C7H11BrS.C2H4/c1-4-7(5-9-3)6(2)8;1-2/h4H,2,5H2,1,3H3;1-2H2/b7-4-;. The average Bonchev–Trinajstić information content (AvgIpc) is 2.03. The Bertz CT molecular complexity index is 138. The largest absolute Gasteiger partial charge is 0.161 e. The van der Waals surface area contributed by atoms with Crippen molar-refractivity contribution in [1.82, 2.24) is 0 Å². The molecule has 0 aliphatic heterocycles. The van der Waals surface area contributed by atoms with Crippen molar-refractivity contribution in [3.8, 4) is 0 Å². The molecular formula is C9H15BrS. The second kappa shape index (κ2) is 10.0. The summed E-state index contributed by atoms with van der Waals surface area (Å²) in [5, 5.41) is 0. The maximum Gasteiger partial charge on any atom is 0.0189 e. The van der Waals surface area contributed by atoms with Gasteiger partial charge in [-0.3, -0.25) is 0 Å². The summed E-state index contributed by atoms with van der Waals surface area (Å²) in [5.74, 6) is 1.04. The van der Waals surface area contributed by atoms with Crippen LogP contribution in [0.4, 0.5) is 0 Å². The van der Waals surface area contributed by atoms with E-state index in [0.29, 0.717) is 0 Å². The lowest BCUT2D eigenvalue weighted by atomic mass is 10.3. The molecule has 0 unspecified atom stereocenters. The van der Waals surface area contributed by atoms with Crippen molar-refractivity contribution < 1.29 is 0 Å². The predicted octanol–water partition coefficient (Wildman–Crippen LogP) is 4.01. The number of hydrogen-bond acceptors (Lipinski definition) is 1. The molecule has 0 saturated heterocycles. The molecule has 0 aromatic heterocycles. The Kier molecular flexibility index (Phi) is 12.5. The first-order valence-electron chi connectivity index (χ1n) is 3.21. The Morgan fingerprint density at radius 2 is 2.00 bits per heavy atom. The van der Waals surface area contributed by atoms with E-state index in [-0.39, 0.29) is 0 Å². The van der Waals surface area contributed by atoms with Crippen LogP contribution in [0.3, 0.4) is 0 Å². The molecule has 0 N–H and O–H groups in total. The Hall–Kier alpha value is 0.0500. The molecule has 0 aliphatic rings. The van der Waals surface area contributed by atoms with Crippen molar-refractivity contribution in [2.75, 3.05) is 12.0 Å². The fourth-order valence-electron chi connectivity index (χ4n) is 0.474. The zero-order valence-corrected chi connectivity index (χ0v) is 9.59. The van der Waals surface area contributed by atoms with Crippen molar-refractivity contribution in [1.29, 1.82) is 0 Å². The molecule has 11 heavy (non-hydrogen) atoms. The van der Waals surface area contributed by atoms with E-state index < -0.39 is 0 Å². The van der Waals surface area contributed by atoms with E-state index >= 15 is 0 Å². The Morgan fingerprint density at radius 1 is 1.55 bits per heavy atom. The van der Waals surface area contributed by atoms with Crippen LogP contribution in [-0.4, -0.2) is 12.0 Å². The van der Waals surface area contributed by atoms with Crippen molar-refractivity contribution >= 4 is 27.7 Å². The van der Waals surface area contributed by atoms with Crippen LogP contribution in [0.1, 0.15) is 6.92 Å². The van der Waals surface area contributed by atoms with Gasteiger partial charge in [0.05, 0.1) is 0 Å². The molecule has 0 bridgehead atoms. The van der Waals surface area contributed by atoms with Gasteiger partial charge in [-0.1, -0.05) is 28.6 Å². The highest BCUT2D eigenvalue weighted by Gasteiger charge is 1.94. The predicted molar refractivity (Wildman–Crippen MR) is 61.5 cm³/mol. The van der Waals surface area contributed by atoms with Crippen molar-refractivity contribution in [3.63, 3.8) is 0 Å². The van der Waals surface area contributed by atoms with E-state index in [4.69, 9.17) is 0 Å². The van der Waals surface area contributed by atoms with Crippen molar-refractivity contribution in [3.05, 3.63) is 35.9 Å². The molecular weight excluding hydrogens is 220 g/mol. The molecule has 0 atom stereocenters. The molecule has 0 heterocycles. The van der Waals surface area contributed by atoms with E-state index in [1.165, 1.54) is 5.57 Å². The van der Waals surface area contributed by atoms with Gasteiger partial charge >= 0.3 is 0 Å². The van der Waals surface area contributed by atoms with Gasteiger partial charge in [0.25, 0.3) is 0 Å². The molecule has 0 amide bonds. The first-order valence-corrected chi connectivity index (χ1v) is 5.40. The van der Waals surface area contributed by atoms with E-state index in [0.717, 1.165) is 10.2 Å². The Labute approximate surface area is 82.6 Å². The van der Waals surface area contributed by atoms with Gasteiger partial charge in [-0.15, -0.1) is 13.2 Å². The maximum absolute atomic E-state index is 3.78. The Balaban J connectivity index is 0. The molecule has 0 aromatic carbocycles. The molecule has 2 heteroatoms. The summed E-state index contributed by atoms with van der Waals surface area (Å²) >= 11 is 5.13. The minimum atomic E-state index is 0.999. The molecule has 0 saturated carbocycles. The summed E-state index contributed by atoms with van der Waals surface area (Å²) in [4.78, 5) is 0. The third kappa shape index (κ3) is 7.95. The minimum absolute atomic E-state index is 0.999. The second-order valence-corrected chi connectivity index (χ2v) is 3.48. The quantitative estimate of drug-likeness (QED) is 0.526. The second-order valence-electron chi connectivity index (χ2n) is 1.65. The molecule has 0 rings (SSSR count). The van der Waals surface area contributed by atoms with E-state index in [9.17, 15) is 0 Å². The smallest absolute Gasteiger partial charge is 0.0189 e. The first kappa shape index (κ1) is 13.6. The van der Waals surface area contributed by atoms with Crippen molar-refractivity contribution in [2.45, 2.75) is 6.92 Å². The minimum Gasteiger partial charge on any atom is -0.161 e. The van der Waals surface area contributed by atoms with Crippen LogP contribution in [0.15, 0.2) is 35.9 Å². The maximum atomic E-state index is 3.78. The van der Waals surface area contributed by atoms with Crippen LogP contribution in [0, 0.1) is 0 Å². The average molecular weight is 235 g/mol.